The lowest BCUT2D eigenvalue weighted by Gasteiger charge is -2.28. The highest BCUT2D eigenvalue weighted by Gasteiger charge is 2.34. The minimum Gasteiger partial charge on any atom is -0.300 e. The third-order valence-electron chi connectivity index (χ3n) is 3.74. The maximum absolute atomic E-state index is 2.73. The van der Waals surface area contributed by atoms with Gasteiger partial charge in [0, 0.05) is 12.6 Å². The van der Waals surface area contributed by atoms with Gasteiger partial charge in [-0.15, -0.1) is 0 Å². The minimum absolute atomic E-state index is 0.899. The van der Waals surface area contributed by atoms with Crippen LogP contribution in [0.25, 0.3) is 0 Å². The molecular weight excluding hydrogens is 146 g/mol. The molecular formula is C11H21N. The van der Waals surface area contributed by atoms with Gasteiger partial charge in [-0.05, 0) is 37.6 Å². The number of rotatable bonds is 1. The van der Waals surface area contributed by atoms with Gasteiger partial charge in [0.25, 0.3) is 0 Å². The Morgan fingerprint density at radius 2 is 2.08 bits per heavy atom. The first kappa shape index (κ1) is 8.55. The van der Waals surface area contributed by atoms with Crippen LogP contribution in [0.3, 0.4) is 0 Å². The van der Waals surface area contributed by atoms with Crippen molar-refractivity contribution in [2.24, 2.45) is 11.8 Å². The summed E-state index contributed by atoms with van der Waals surface area (Å²) in [4.78, 5) is 2.73. The molecule has 2 unspecified atom stereocenters. The largest absolute Gasteiger partial charge is 0.300 e. The summed E-state index contributed by atoms with van der Waals surface area (Å²) in [5.74, 6) is 1.89. The van der Waals surface area contributed by atoms with Crippen molar-refractivity contribution < 1.29 is 0 Å². The molecule has 0 spiro atoms. The van der Waals surface area contributed by atoms with E-state index in [2.05, 4.69) is 18.7 Å². The highest BCUT2D eigenvalue weighted by molar-refractivity contribution is 4.88. The van der Waals surface area contributed by atoms with Crippen molar-refractivity contribution in [3.8, 4) is 0 Å². The second-order valence-electron chi connectivity index (χ2n) is 4.88. The Balaban J connectivity index is 1.94. The van der Waals surface area contributed by atoms with Crippen molar-refractivity contribution in [3.05, 3.63) is 0 Å². The maximum Gasteiger partial charge on any atom is 0.00985 e. The van der Waals surface area contributed by atoms with Crippen LogP contribution < -0.4 is 0 Å². The Hall–Kier alpha value is -0.0400. The molecule has 2 aliphatic rings. The molecule has 0 bridgehead atoms. The van der Waals surface area contributed by atoms with Crippen molar-refractivity contribution in [1.29, 1.82) is 0 Å². The molecule has 0 amide bonds. The van der Waals surface area contributed by atoms with Gasteiger partial charge in [0.15, 0.2) is 0 Å². The van der Waals surface area contributed by atoms with E-state index in [0.29, 0.717) is 0 Å². The SMILES string of the molecule is CC(C)C1CC2CCCCN2C1. The third-order valence-corrected chi connectivity index (χ3v) is 3.74. The van der Waals surface area contributed by atoms with Crippen LogP contribution >= 0.6 is 0 Å². The molecule has 1 nitrogen and oxygen atoms in total. The zero-order chi connectivity index (χ0) is 8.55. The molecule has 70 valence electrons. The lowest BCUT2D eigenvalue weighted by molar-refractivity contribution is 0.195. The predicted molar refractivity (Wildman–Crippen MR) is 52.2 cm³/mol. The Labute approximate surface area is 76.1 Å². The molecule has 0 aliphatic carbocycles. The lowest BCUT2D eigenvalue weighted by atomic mass is 9.92. The summed E-state index contributed by atoms with van der Waals surface area (Å²) >= 11 is 0. The van der Waals surface area contributed by atoms with E-state index < -0.39 is 0 Å². The van der Waals surface area contributed by atoms with Crippen molar-refractivity contribution in [1.82, 2.24) is 4.90 Å². The Morgan fingerprint density at radius 3 is 2.75 bits per heavy atom. The molecule has 2 atom stereocenters. The average Bonchev–Trinajstić information content (AvgIpc) is 2.46. The Morgan fingerprint density at radius 1 is 1.25 bits per heavy atom. The third kappa shape index (κ3) is 1.52. The topological polar surface area (TPSA) is 3.24 Å². The molecule has 0 aromatic heterocycles. The summed E-state index contributed by atoms with van der Waals surface area (Å²) in [5.41, 5.74) is 0. The zero-order valence-corrected chi connectivity index (χ0v) is 8.42. The van der Waals surface area contributed by atoms with Gasteiger partial charge in [-0.2, -0.15) is 0 Å². The summed E-state index contributed by atoms with van der Waals surface area (Å²) in [6, 6.07) is 0.964. The number of nitrogens with zero attached hydrogens (tertiary/aromatic N) is 1. The van der Waals surface area contributed by atoms with Gasteiger partial charge >= 0.3 is 0 Å². The van der Waals surface area contributed by atoms with Gasteiger partial charge in [0.2, 0.25) is 0 Å². The molecule has 2 saturated heterocycles. The first-order chi connectivity index (χ1) is 5.77. The number of piperidine rings is 1. The van der Waals surface area contributed by atoms with Gasteiger partial charge in [-0.3, -0.25) is 0 Å². The standard InChI is InChI=1S/C11H21N/c1-9(2)10-7-11-5-3-4-6-12(11)8-10/h9-11H,3-8H2,1-2H3. The van der Waals surface area contributed by atoms with Crippen LogP contribution in [-0.4, -0.2) is 24.0 Å². The second kappa shape index (κ2) is 3.37. The van der Waals surface area contributed by atoms with E-state index in [1.807, 2.05) is 0 Å². The lowest BCUT2D eigenvalue weighted by Crippen LogP contribution is -2.34. The van der Waals surface area contributed by atoms with Gasteiger partial charge in [-0.25, -0.2) is 0 Å². The molecule has 1 heteroatoms. The summed E-state index contributed by atoms with van der Waals surface area (Å²) in [5, 5.41) is 0. The van der Waals surface area contributed by atoms with E-state index in [4.69, 9.17) is 0 Å². The quantitative estimate of drug-likeness (QED) is 0.580. The van der Waals surface area contributed by atoms with Gasteiger partial charge in [0.1, 0.15) is 0 Å². The van der Waals surface area contributed by atoms with Crippen molar-refractivity contribution in [2.75, 3.05) is 13.1 Å². The maximum atomic E-state index is 2.73. The Kier molecular flexibility index (Phi) is 2.40. The molecule has 0 aromatic carbocycles. The summed E-state index contributed by atoms with van der Waals surface area (Å²) in [6.45, 7) is 7.53. The van der Waals surface area contributed by atoms with E-state index in [-0.39, 0.29) is 0 Å². The molecule has 2 aliphatic heterocycles. The fraction of sp³-hybridized carbons (Fsp3) is 1.00. The number of hydrogen-bond acceptors (Lipinski definition) is 1. The van der Waals surface area contributed by atoms with Crippen molar-refractivity contribution in [3.63, 3.8) is 0 Å². The van der Waals surface area contributed by atoms with E-state index in [1.54, 1.807) is 0 Å². The molecule has 2 heterocycles. The molecule has 2 rings (SSSR count). The van der Waals surface area contributed by atoms with Crippen LogP contribution in [0.5, 0.6) is 0 Å². The monoisotopic (exact) mass is 167 g/mol. The molecule has 0 N–H and O–H groups in total. The summed E-state index contributed by atoms with van der Waals surface area (Å²) in [7, 11) is 0. The zero-order valence-electron chi connectivity index (χ0n) is 8.42. The normalized spacial score (nSPS) is 37.2. The second-order valence-corrected chi connectivity index (χ2v) is 4.88. The highest BCUT2D eigenvalue weighted by Crippen LogP contribution is 2.33. The van der Waals surface area contributed by atoms with Gasteiger partial charge < -0.3 is 4.90 Å². The molecule has 12 heavy (non-hydrogen) atoms. The first-order valence-corrected chi connectivity index (χ1v) is 5.51. The van der Waals surface area contributed by atoms with E-state index in [9.17, 15) is 0 Å². The van der Waals surface area contributed by atoms with Crippen LogP contribution in [0, 0.1) is 11.8 Å². The first-order valence-electron chi connectivity index (χ1n) is 5.51. The van der Waals surface area contributed by atoms with Crippen LogP contribution in [0.4, 0.5) is 0 Å². The molecule has 0 radical (unpaired) electrons. The number of fused-ring (bicyclic) bond motifs is 1. The smallest absolute Gasteiger partial charge is 0.00985 e. The van der Waals surface area contributed by atoms with Crippen LogP contribution in [0.2, 0.25) is 0 Å². The van der Waals surface area contributed by atoms with E-state index >= 15 is 0 Å². The highest BCUT2D eigenvalue weighted by atomic mass is 15.2. The predicted octanol–water partition coefficient (Wildman–Crippen LogP) is 2.52. The van der Waals surface area contributed by atoms with E-state index in [1.165, 1.54) is 38.8 Å². The molecule has 0 saturated carbocycles. The van der Waals surface area contributed by atoms with Crippen LogP contribution in [0.15, 0.2) is 0 Å². The van der Waals surface area contributed by atoms with Crippen LogP contribution in [-0.2, 0) is 0 Å². The number of hydrogen-bond donors (Lipinski definition) is 0. The molecule has 0 aromatic rings. The summed E-state index contributed by atoms with van der Waals surface area (Å²) < 4.78 is 0. The van der Waals surface area contributed by atoms with Crippen LogP contribution in [0.1, 0.15) is 39.5 Å². The minimum atomic E-state index is 0.899. The van der Waals surface area contributed by atoms with Crippen molar-refractivity contribution >= 4 is 0 Å². The summed E-state index contributed by atoms with van der Waals surface area (Å²) in [6.07, 6.45) is 5.88. The Bertz CT molecular complexity index is 139. The average molecular weight is 167 g/mol. The van der Waals surface area contributed by atoms with Crippen molar-refractivity contribution in [2.45, 2.75) is 45.6 Å². The fourth-order valence-corrected chi connectivity index (χ4v) is 2.78. The van der Waals surface area contributed by atoms with Gasteiger partial charge in [0.05, 0.1) is 0 Å². The fourth-order valence-electron chi connectivity index (χ4n) is 2.78. The molecule has 2 fully saturated rings. The van der Waals surface area contributed by atoms with Gasteiger partial charge in [-0.1, -0.05) is 20.3 Å². The van der Waals surface area contributed by atoms with E-state index in [0.717, 1.165) is 17.9 Å².